The molecule has 6 nitrogen and oxygen atoms in total. The molecule has 3 rings (SSSR count). The van der Waals surface area contributed by atoms with Crippen molar-refractivity contribution in [3.63, 3.8) is 0 Å². The fraction of sp³-hybridized carbons (Fsp3) is 0.250. The molecule has 0 amide bonds. The van der Waals surface area contributed by atoms with Crippen LogP contribution in [0.3, 0.4) is 0 Å². The number of ether oxygens (including phenoxy) is 1. The third-order valence-corrected chi connectivity index (χ3v) is 2.11. The summed E-state index contributed by atoms with van der Waals surface area (Å²) in [4.78, 5) is 3.95. The van der Waals surface area contributed by atoms with Crippen LogP contribution in [0, 0.1) is 5.82 Å². The summed E-state index contributed by atoms with van der Waals surface area (Å²) in [6, 6.07) is 1.39. The molecular weight excluding hydrogens is 201 g/mol. The van der Waals surface area contributed by atoms with E-state index in [1.54, 1.807) is 6.20 Å². The molecule has 1 unspecified atom stereocenters. The summed E-state index contributed by atoms with van der Waals surface area (Å²) in [7, 11) is 0. The Hall–Kier alpha value is -1.89. The fourth-order valence-electron chi connectivity index (χ4n) is 1.29. The van der Waals surface area contributed by atoms with E-state index in [0.717, 1.165) is 5.56 Å². The number of nitrogens with zero attached hydrogens (tertiary/aromatic N) is 5. The van der Waals surface area contributed by atoms with E-state index in [4.69, 9.17) is 4.74 Å². The second kappa shape index (κ2) is 3.06. The van der Waals surface area contributed by atoms with Crippen LogP contribution in [0.4, 0.5) is 4.39 Å². The molecule has 1 saturated heterocycles. The maximum absolute atomic E-state index is 13.6. The highest BCUT2D eigenvalue weighted by atomic mass is 19.1. The van der Waals surface area contributed by atoms with Crippen molar-refractivity contribution < 1.29 is 9.13 Å². The molecule has 0 aromatic carbocycles. The number of aromatic nitrogens is 5. The molecule has 1 aliphatic heterocycles. The highest BCUT2D eigenvalue weighted by molar-refractivity contribution is 5.28. The number of pyridine rings is 1. The summed E-state index contributed by atoms with van der Waals surface area (Å²) in [6.45, 7) is 0.630. The van der Waals surface area contributed by atoms with Crippen LogP contribution in [0.2, 0.25) is 0 Å². The minimum Gasteiger partial charge on any atom is -0.368 e. The van der Waals surface area contributed by atoms with Gasteiger partial charge in [0, 0.05) is 11.8 Å². The van der Waals surface area contributed by atoms with Crippen molar-refractivity contribution in [3.8, 4) is 5.82 Å². The van der Waals surface area contributed by atoms with Crippen molar-refractivity contribution in [1.82, 2.24) is 25.2 Å². The average Bonchev–Trinajstić information content (AvgIpc) is 2.95. The lowest BCUT2D eigenvalue weighted by atomic mass is 10.2. The van der Waals surface area contributed by atoms with E-state index in [2.05, 4.69) is 20.5 Å². The summed E-state index contributed by atoms with van der Waals surface area (Å²) >= 11 is 0. The van der Waals surface area contributed by atoms with Gasteiger partial charge in [0.1, 0.15) is 12.4 Å². The van der Waals surface area contributed by atoms with Crippen molar-refractivity contribution >= 4 is 0 Å². The van der Waals surface area contributed by atoms with Gasteiger partial charge < -0.3 is 4.74 Å². The molecule has 1 atom stereocenters. The van der Waals surface area contributed by atoms with Crippen LogP contribution in [0.25, 0.3) is 5.82 Å². The van der Waals surface area contributed by atoms with Gasteiger partial charge in [0.15, 0.2) is 11.6 Å². The quantitative estimate of drug-likeness (QED) is 0.661. The number of halogens is 1. The van der Waals surface area contributed by atoms with Crippen molar-refractivity contribution in [3.05, 3.63) is 30.0 Å². The van der Waals surface area contributed by atoms with Crippen LogP contribution in [0.5, 0.6) is 0 Å². The Bertz CT molecular complexity index is 482. The molecule has 76 valence electrons. The van der Waals surface area contributed by atoms with E-state index in [1.807, 2.05) is 0 Å². The molecule has 0 bridgehead atoms. The zero-order valence-electron chi connectivity index (χ0n) is 7.54. The van der Waals surface area contributed by atoms with Gasteiger partial charge in [-0.3, -0.25) is 0 Å². The number of rotatable bonds is 2. The van der Waals surface area contributed by atoms with Gasteiger partial charge in [-0.1, -0.05) is 0 Å². The van der Waals surface area contributed by atoms with Crippen LogP contribution in [0.1, 0.15) is 11.7 Å². The smallest absolute Gasteiger partial charge is 0.193 e. The fourth-order valence-corrected chi connectivity index (χ4v) is 1.29. The molecule has 15 heavy (non-hydrogen) atoms. The van der Waals surface area contributed by atoms with E-state index in [1.165, 1.54) is 17.1 Å². The van der Waals surface area contributed by atoms with Gasteiger partial charge in [0.05, 0.1) is 6.61 Å². The van der Waals surface area contributed by atoms with Gasteiger partial charge in [0.25, 0.3) is 0 Å². The summed E-state index contributed by atoms with van der Waals surface area (Å²) in [5.41, 5.74) is 0.740. The SMILES string of the molecule is Fc1cc(C2CO2)cnc1-n1cnnn1. The second-order valence-electron chi connectivity index (χ2n) is 3.15. The average molecular weight is 207 g/mol. The Morgan fingerprint density at radius 3 is 3.00 bits per heavy atom. The van der Waals surface area contributed by atoms with Crippen LogP contribution in [0.15, 0.2) is 18.6 Å². The zero-order valence-corrected chi connectivity index (χ0v) is 7.54. The predicted molar refractivity (Wildman–Crippen MR) is 45.6 cm³/mol. The van der Waals surface area contributed by atoms with Crippen molar-refractivity contribution in [2.75, 3.05) is 6.61 Å². The Morgan fingerprint density at radius 2 is 2.40 bits per heavy atom. The predicted octanol–water partition coefficient (Wildman–Crippen LogP) is 0.268. The van der Waals surface area contributed by atoms with Gasteiger partial charge in [0.2, 0.25) is 0 Å². The lowest BCUT2D eigenvalue weighted by Gasteiger charge is -2.01. The van der Waals surface area contributed by atoms with E-state index in [0.29, 0.717) is 6.61 Å². The standard InChI is InChI=1S/C8H6FN5O/c9-6-1-5(7-3-15-7)2-10-8(6)14-4-11-12-13-14/h1-2,4,7H,3H2. The largest absolute Gasteiger partial charge is 0.368 e. The van der Waals surface area contributed by atoms with Gasteiger partial charge >= 0.3 is 0 Å². The molecule has 2 aromatic heterocycles. The molecule has 0 saturated carbocycles. The van der Waals surface area contributed by atoms with Gasteiger partial charge in [-0.25, -0.2) is 9.37 Å². The first-order chi connectivity index (χ1) is 7.34. The molecule has 1 fully saturated rings. The number of hydrogen-bond acceptors (Lipinski definition) is 5. The van der Waals surface area contributed by atoms with E-state index in [-0.39, 0.29) is 11.9 Å². The number of hydrogen-bond donors (Lipinski definition) is 0. The molecular formula is C8H6FN5O. The van der Waals surface area contributed by atoms with Crippen LogP contribution < -0.4 is 0 Å². The molecule has 2 aromatic rings. The van der Waals surface area contributed by atoms with Crippen LogP contribution >= 0.6 is 0 Å². The lowest BCUT2D eigenvalue weighted by molar-refractivity contribution is 0.414. The first-order valence-electron chi connectivity index (χ1n) is 4.35. The van der Waals surface area contributed by atoms with E-state index >= 15 is 0 Å². The number of tetrazole rings is 1. The Labute approximate surface area is 83.7 Å². The molecule has 0 spiro atoms. The van der Waals surface area contributed by atoms with Crippen molar-refractivity contribution in [2.24, 2.45) is 0 Å². The van der Waals surface area contributed by atoms with Gasteiger partial charge in [-0.15, -0.1) is 5.10 Å². The second-order valence-corrected chi connectivity index (χ2v) is 3.15. The Balaban J connectivity index is 2.02. The first kappa shape index (κ1) is 8.42. The topological polar surface area (TPSA) is 69.0 Å². The molecule has 0 radical (unpaired) electrons. The first-order valence-corrected chi connectivity index (χ1v) is 4.35. The normalized spacial score (nSPS) is 19.1. The minimum absolute atomic E-state index is 0.00470. The van der Waals surface area contributed by atoms with E-state index in [9.17, 15) is 4.39 Å². The molecule has 0 aliphatic carbocycles. The van der Waals surface area contributed by atoms with E-state index < -0.39 is 5.82 Å². The zero-order chi connectivity index (χ0) is 10.3. The summed E-state index contributed by atoms with van der Waals surface area (Å²) in [5.74, 6) is -0.375. The Morgan fingerprint density at radius 1 is 1.53 bits per heavy atom. The third-order valence-electron chi connectivity index (χ3n) is 2.11. The summed E-state index contributed by atoms with van der Waals surface area (Å²) in [5, 5.41) is 10.4. The van der Waals surface area contributed by atoms with Crippen LogP contribution in [-0.2, 0) is 4.74 Å². The van der Waals surface area contributed by atoms with Crippen molar-refractivity contribution in [2.45, 2.75) is 6.10 Å². The molecule has 3 heterocycles. The maximum Gasteiger partial charge on any atom is 0.193 e. The van der Waals surface area contributed by atoms with Gasteiger partial charge in [-0.2, -0.15) is 4.68 Å². The summed E-state index contributed by atoms with van der Waals surface area (Å²) < 4.78 is 19.8. The molecule has 1 aliphatic rings. The minimum atomic E-state index is -0.463. The highest BCUT2D eigenvalue weighted by Gasteiger charge is 2.26. The maximum atomic E-state index is 13.6. The monoisotopic (exact) mass is 207 g/mol. The van der Waals surface area contributed by atoms with Gasteiger partial charge in [-0.05, 0) is 16.5 Å². The molecule has 0 N–H and O–H groups in total. The third kappa shape index (κ3) is 1.46. The molecule has 7 heteroatoms. The Kier molecular flexibility index (Phi) is 1.72. The highest BCUT2D eigenvalue weighted by Crippen LogP contribution is 2.29. The van der Waals surface area contributed by atoms with Crippen LogP contribution in [-0.4, -0.2) is 31.8 Å². The van der Waals surface area contributed by atoms with Crippen molar-refractivity contribution in [1.29, 1.82) is 0 Å². The summed E-state index contributed by atoms with van der Waals surface area (Å²) in [6.07, 6.45) is 2.85. The lowest BCUT2D eigenvalue weighted by Crippen LogP contribution is -2.03. The number of epoxide rings is 1.